The molecule has 0 aliphatic heterocycles. The molecule has 0 radical (unpaired) electrons. The van der Waals surface area contributed by atoms with E-state index in [1.807, 2.05) is 6.07 Å². The van der Waals surface area contributed by atoms with Crippen LogP contribution in [0.5, 0.6) is 0 Å². The van der Waals surface area contributed by atoms with Gasteiger partial charge >= 0.3 is 0 Å². The monoisotopic (exact) mass is 666 g/mol. The van der Waals surface area contributed by atoms with E-state index in [0.717, 1.165) is 33.9 Å². The number of hydrogen-bond acceptors (Lipinski definition) is 2. The Morgan fingerprint density at radius 1 is 0.346 bits per heavy atom. The molecule has 8 aromatic rings. The summed E-state index contributed by atoms with van der Waals surface area (Å²) in [6, 6.07) is 57.3. The molecule has 7 aromatic carbocycles. The first-order chi connectivity index (χ1) is 25.3. The molecule has 0 spiro atoms. The second-order valence-electron chi connectivity index (χ2n) is 15.4. The molecule has 2 aliphatic carbocycles. The van der Waals surface area contributed by atoms with Crippen LogP contribution in [0.4, 0.5) is 0 Å². The second-order valence-corrected chi connectivity index (χ2v) is 15.4. The number of aromatic nitrogens is 2. The van der Waals surface area contributed by atoms with E-state index in [0.29, 0.717) is 0 Å². The molecule has 0 amide bonds. The number of rotatable bonds is 4. The number of fused-ring (bicyclic) bond motifs is 7. The quantitative estimate of drug-likeness (QED) is 0.187. The highest BCUT2D eigenvalue weighted by Gasteiger charge is 2.37. The summed E-state index contributed by atoms with van der Waals surface area (Å²) < 4.78 is 0. The van der Waals surface area contributed by atoms with Crippen molar-refractivity contribution in [2.24, 2.45) is 0 Å². The predicted molar refractivity (Wildman–Crippen MR) is 216 cm³/mol. The van der Waals surface area contributed by atoms with Crippen LogP contribution in [-0.2, 0) is 10.8 Å². The zero-order chi connectivity index (χ0) is 35.2. The van der Waals surface area contributed by atoms with Gasteiger partial charge in [-0.1, -0.05) is 173 Å². The van der Waals surface area contributed by atoms with Crippen molar-refractivity contribution in [3.8, 4) is 67.3 Å². The molecule has 0 atom stereocenters. The van der Waals surface area contributed by atoms with Crippen LogP contribution in [0.3, 0.4) is 0 Å². The van der Waals surface area contributed by atoms with Crippen LogP contribution in [0.2, 0.25) is 0 Å². The number of hydrogen-bond donors (Lipinski definition) is 0. The Kier molecular flexibility index (Phi) is 6.60. The maximum atomic E-state index is 5.28. The summed E-state index contributed by atoms with van der Waals surface area (Å²) in [5, 5.41) is 2.39. The molecule has 1 aromatic heterocycles. The maximum absolute atomic E-state index is 5.28. The lowest BCUT2D eigenvalue weighted by molar-refractivity contribution is 0.660. The first-order valence-corrected chi connectivity index (χ1v) is 18.3. The van der Waals surface area contributed by atoms with Crippen LogP contribution < -0.4 is 0 Å². The van der Waals surface area contributed by atoms with E-state index in [1.54, 1.807) is 0 Å². The number of benzene rings is 7. The van der Waals surface area contributed by atoms with Crippen LogP contribution >= 0.6 is 0 Å². The highest BCUT2D eigenvalue weighted by molar-refractivity contribution is 6.08. The average molecular weight is 667 g/mol. The maximum Gasteiger partial charge on any atom is 0.160 e. The first-order valence-electron chi connectivity index (χ1n) is 18.3. The van der Waals surface area contributed by atoms with Gasteiger partial charge in [0, 0.05) is 27.5 Å². The first kappa shape index (κ1) is 30.7. The van der Waals surface area contributed by atoms with E-state index < -0.39 is 0 Å². The van der Waals surface area contributed by atoms with Gasteiger partial charge in [-0.2, -0.15) is 0 Å². The van der Waals surface area contributed by atoms with Gasteiger partial charge in [-0.25, -0.2) is 9.97 Å². The van der Waals surface area contributed by atoms with Gasteiger partial charge in [-0.3, -0.25) is 0 Å². The summed E-state index contributed by atoms with van der Waals surface area (Å²) in [6.07, 6.45) is 0. The fourth-order valence-corrected chi connectivity index (χ4v) is 9.07. The minimum atomic E-state index is -0.0573. The van der Waals surface area contributed by atoms with Crippen LogP contribution in [0.15, 0.2) is 158 Å². The molecule has 0 saturated carbocycles. The molecule has 1 heterocycles. The lowest BCUT2D eigenvalue weighted by Crippen LogP contribution is -2.14. The van der Waals surface area contributed by atoms with Crippen LogP contribution in [-0.4, -0.2) is 9.97 Å². The van der Waals surface area contributed by atoms with Crippen molar-refractivity contribution in [2.45, 2.75) is 38.5 Å². The number of nitrogens with zero attached hydrogens (tertiary/aromatic N) is 2. The Morgan fingerprint density at radius 2 is 0.904 bits per heavy atom. The molecule has 2 heteroatoms. The van der Waals surface area contributed by atoms with Crippen LogP contribution in [0.25, 0.3) is 78.1 Å². The summed E-state index contributed by atoms with van der Waals surface area (Å²) in [4.78, 5) is 10.5. The molecule has 2 aliphatic rings. The highest BCUT2D eigenvalue weighted by Crippen LogP contribution is 2.53. The Balaban J connectivity index is 1.17. The predicted octanol–water partition coefficient (Wildman–Crippen LogP) is 12.9. The summed E-state index contributed by atoms with van der Waals surface area (Å²) in [5.74, 6) is 0.724. The highest BCUT2D eigenvalue weighted by atomic mass is 14.9. The average Bonchev–Trinajstić information content (AvgIpc) is 3.57. The molecule has 0 saturated heterocycles. The van der Waals surface area contributed by atoms with Crippen LogP contribution in [0, 0.1) is 0 Å². The molecule has 0 N–H and O–H groups in total. The van der Waals surface area contributed by atoms with Crippen molar-refractivity contribution in [2.75, 3.05) is 0 Å². The second kappa shape index (κ2) is 11.2. The van der Waals surface area contributed by atoms with E-state index in [9.17, 15) is 0 Å². The fourth-order valence-electron chi connectivity index (χ4n) is 9.07. The molecule has 2 nitrogen and oxygen atoms in total. The van der Waals surface area contributed by atoms with Crippen molar-refractivity contribution >= 4 is 10.8 Å². The smallest absolute Gasteiger partial charge is 0.160 e. The minimum absolute atomic E-state index is 0.0478. The molecule has 0 fully saturated rings. The van der Waals surface area contributed by atoms with Gasteiger partial charge in [0.05, 0.1) is 11.4 Å². The zero-order valence-electron chi connectivity index (χ0n) is 29.9. The minimum Gasteiger partial charge on any atom is -0.228 e. The fraction of sp³-hybridized carbons (Fsp3) is 0.120. The molecule has 248 valence electrons. The van der Waals surface area contributed by atoms with Crippen molar-refractivity contribution in [1.82, 2.24) is 9.97 Å². The van der Waals surface area contributed by atoms with Gasteiger partial charge in [0.2, 0.25) is 0 Å². The Labute approximate surface area is 305 Å². The lowest BCUT2D eigenvalue weighted by Gasteiger charge is -2.22. The topological polar surface area (TPSA) is 25.8 Å². The van der Waals surface area contributed by atoms with E-state index in [2.05, 4.69) is 179 Å². The van der Waals surface area contributed by atoms with Gasteiger partial charge in [-0.05, 0) is 78.5 Å². The SMILES string of the molecule is CC1(C)c2ccccc2-c2cc(-c3cc(-c4ccc(-c5cccc6c5-c5ccccc5C6(C)C)c5ccccc45)nc(-c4ccccc4)n3)ccc21. The third kappa shape index (κ3) is 4.43. The zero-order valence-corrected chi connectivity index (χ0v) is 29.9. The molecule has 0 unspecified atom stereocenters. The summed E-state index contributed by atoms with van der Waals surface area (Å²) in [6.45, 7) is 9.35. The molecular weight excluding hydrogens is 629 g/mol. The third-order valence-corrected chi connectivity index (χ3v) is 11.7. The van der Waals surface area contributed by atoms with Gasteiger partial charge in [0.15, 0.2) is 5.82 Å². The standard InChI is InChI=1S/C50H38N2/c1-49(2)41-22-12-10-19-36(41)40-29-32(25-28-43(40)49)45-30-46(52-48(51-45)31-15-6-5-7-16-31)37-27-26-35(33-17-8-9-18-34(33)37)38-21-14-24-44-47(38)39-20-11-13-23-42(39)50(44,3)4/h5-30H,1-4H3. The van der Waals surface area contributed by atoms with Gasteiger partial charge in [-0.15, -0.1) is 0 Å². The Hall–Kier alpha value is -6.12. The van der Waals surface area contributed by atoms with E-state index in [-0.39, 0.29) is 10.8 Å². The lowest BCUT2D eigenvalue weighted by atomic mass is 9.81. The Morgan fingerprint density at radius 3 is 1.69 bits per heavy atom. The molecule has 10 rings (SSSR count). The van der Waals surface area contributed by atoms with Gasteiger partial charge in [0.1, 0.15) is 0 Å². The van der Waals surface area contributed by atoms with E-state index in [4.69, 9.17) is 9.97 Å². The molecule has 0 bridgehead atoms. The van der Waals surface area contributed by atoms with Crippen molar-refractivity contribution in [3.05, 3.63) is 180 Å². The largest absolute Gasteiger partial charge is 0.228 e. The third-order valence-electron chi connectivity index (χ3n) is 11.7. The summed E-state index contributed by atoms with van der Waals surface area (Å²) in [7, 11) is 0. The van der Waals surface area contributed by atoms with Gasteiger partial charge in [0.25, 0.3) is 0 Å². The van der Waals surface area contributed by atoms with E-state index >= 15 is 0 Å². The summed E-state index contributed by atoms with van der Waals surface area (Å²) in [5.41, 5.74) is 18.2. The van der Waals surface area contributed by atoms with E-state index in [1.165, 1.54) is 66.4 Å². The van der Waals surface area contributed by atoms with Gasteiger partial charge < -0.3 is 0 Å². The van der Waals surface area contributed by atoms with Crippen molar-refractivity contribution in [1.29, 1.82) is 0 Å². The van der Waals surface area contributed by atoms with Crippen LogP contribution in [0.1, 0.15) is 49.9 Å². The normalized spacial score (nSPS) is 14.5. The summed E-state index contributed by atoms with van der Waals surface area (Å²) >= 11 is 0. The van der Waals surface area contributed by atoms with Crippen molar-refractivity contribution < 1.29 is 0 Å². The van der Waals surface area contributed by atoms with Crippen molar-refractivity contribution in [3.63, 3.8) is 0 Å². The molecular formula is C50H38N2. The molecule has 52 heavy (non-hydrogen) atoms. The Bertz CT molecular complexity index is 2730.